The van der Waals surface area contributed by atoms with Gasteiger partial charge in [-0.05, 0) is 60.9 Å². The topological polar surface area (TPSA) is 37.4 Å². The normalized spacial score (nSPS) is 15.9. The predicted octanol–water partition coefficient (Wildman–Crippen LogP) is 8.40. The van der Waals surface area contributed by atoms with E-state index in [1.54, 1.807) is 18.2 Å². The van der Waals surface area contributed by atoms with Crippen LogP contribution in [0.4, 0.5) is 11.4 Å². The van der Waals surface area contributed by atoms with E-state index in [1.807, 2.05) is 17.4 Å². The number of allylic oxidation sites excluding steroid dienone is 1. The highest BCUT2D eigenvalue weighted by Gasteiger charge is 2.39. The van der Waals surface area contributed by atoms with Crippen molar-refractivity contribution < 1.29 is 9.59 Å². The third-order valence-corrected chi connectivity index (χ3v) is 8.77. The van der Waals surface area contributed by atoms with Crippen molar-refractivity contribution in [2.24, 2.45) is 0 Å². The Bertz CT molecular complexity index is 1360. The van der Waals surface area contributed by atoms with Crippen LogP contribution in [0.1, 0.15) is 75.2 Å². The van der Waals surface area contributed by atoms with Gasteiger partial charge in [-0.15, -0.1) is 11.3 Å². The third kappa shape index (κ3) is 3.46. The van der Waals surface area contributed by atoms with E-state index in [-0.39, 0.29) is 43.7 Å². The maximum atomic E-state index is 13.1. The van der Waals surface area contributed by atoms with Crippen molar-refractivity contribution in [3.63, 3.8) is 0 Å². The van der Waals surface area contributed by atoms with Crippen molar-refractivity contribution in [2.45, 2.75) is 46.0 Å². The summed E-state index contributed by atoms with van der Waals surface area (Å²) in [6, 6.07) is 11.6. The van der Waals surface area contributed by atoms with Crippen molar-refractivity contribution in [2.75, 3.05) is 11.4 Å². The summed E-state index contributed by atoms with van der Waals surface area (Å²) in [5.41, 5.74) is 4.80. The van der Waals surface area contributed by atoms with Crippen LogP contribution < -0.4 is 4.90 Å². The van der Waals surface area contributed by atoms with E-state index >= 15 is 0 Å². The Hall–Kier alpha value is -2.40. The molecular formula is C28H25Cl2NO2S. The lowest BCUT2D eigenvalue weighted by molar-refractivity contribution is 0.0990. The van der Waals surface area contributed by atoms with Gasteiger partial charge in [0.2, 0.25) is 0 Å². The maximum absolute atomic E-state index is 13.1. The lowest BCUT2D eigenvalue weighted by Gasteiger charge is -2.40. The number of ketones is 2. The number of carbonyl (C=O) groups is 2. The Morgan fingerprint density at radius 1 is 0.971 bits per heavy atom. The Kier molecular flexibility index (Phi) is 5.75. The van der Waals surface area contributed by atoms with Crippen LogP contribution in [0.15, 0.2) is 42.0 Å². The molecule has 6 heteroatoms. The summed E-state index contributed by atoms with van der Waals surface area (Å²) in [6.07, 6.45) is 3.90. The van der Waals surface area contributed by atoms with Gasteiger partial charge in [0.25, 0.3) is 0 Å². The van der Waals surface area contributed by atoms with Gasteiger partial charge in [0, 0.05) is 27.4 Å². The molecule has 0 amide bonds. The standard InChI is InChI=1S/C28H25Cl2NO2S/c1-5-6-11-31-21-10-7-16(14-18(21)28(3,4)27-22(31)12-15(2)34-27)13-17-25(32)23-19(29)8-9-20(30)24(23)26(17)33/h7-10,12-14H,5-6,11H2,1-4H3. The zero-order valence-corrected chi connectivity index (χ0v) is 21.9. The van der Waals surface area contributed by atoms with Crippen molar-refractivity contribution in [3.05, 3.63) is 84.0 Å². The Morgan fingerprint density at radius 3 is 2.24 bits per heavy atom. The van der Waals surface area contributed by atoms with Crippen molar-refractivity contribution in [1.29, 1.82) is 0 Å². The number of aryl methyl sites for hydroxylation is 1. The summed E-state index contributed by atoms with van der Waals surface area (Å²) < 4.78 is 0. The van der Waals surface area contributed by atoms with Gasteiger partial charge in [0.05, 0.1) is 32.4 Å². The molecule has 0 fully saturated rings. The molecule has 5 rings (SSSR count). The van der Waals surface area contributed by atoms with Crippen LogP contribution in [0.2, 0.25) is 10.0 Å². The SMILES string of the molecule is CCCCN1c2ccc(C=C3C(=O)c4c(Cl)ccc(Cl)c4C3=O)cc2C(C)(C)c2sc(C)cc21. The van der Waals surface area contributed by atoms with Gasteiger partial charge in [-0.1, -0.05) is 56.5 Å². The van der Waals surface area contributed by atoms with Crippen molar-refractivity contribution in [1.82, 2.24) is 0 Å². The molecule has 0 N–H and O–H groups in total. The molecule has 2 aliphatic rings. The number of unbranched alkanes of at least 4 members (excludes halogenated alkanes) is 1. The van der Waals surface area contributed by atoms with Crippen LogP contribution in [0.3, 0.4) is 0 Å². The second-order valence-electron chi connectivity index (χ2n) is 9.47. The highest BCUT2D eigenvalue weighted by atomic mass is 35.5. The summed E-state index contributed by atoms with van der Waals surface area (Å²) in [4.78, 5) is 31.3. The van der Waals surface area contributed by atoms with Crippen LogP contribution in [0.25, 0.3) is 6.08 Å². The third-order valence-electron chi connectivity index (χ3n) is 6.77. The fourth-order valence-electron chi connectivity index (χ4n) is 5.00. The number of thiophene rings is 1. The number of benzene rings is 2. The maximum Gasteiger partial charge on any atom is 0.199 e. The average Bonchev–Trinajstić information content (AvgIpc) is 3.31. The molecular weight excluding hydrogens is 485 g/mol. The van der Waals surface area contributed by atoms with Gasteiger partial charge in [-0.2, -0.15) is 0 Å². The lowest BCUT2D eigenvalue weighted by atomic mass is 9.77. The van der Waals surface area contributed by atoms with Crippen LogP contribution in [0, 0.1) is 6.92 Å². The molecule has 174 valence electrons. The highest BCUT2D eigenvalue weighted by Crippen LogP contribution is 2.52. The molecule has 0 atom stereocenters. The summed E-state index contributed by atoms with van der Waals surface area (Å²) in [5, 5.41) is 0.500. The van der Waals surface area contributed by atoms with Crippen LogP contribution >= 0.6 is 34.5 Å². The van der Waals surface area contributed by atoms with E-state index in [0.29, 0.717) is 0 Å². The number of nitrogens with zero attached hydrogens (tertiary/aromatic N) is 1. The fourth-order valence-corrected chi connectivity index (χ4v) is 6.62. The van der Waals surface area contributed by atoms with Gasteiger partial charge in [-0.3, -0.25) is 9.59 Å². The zero-order valence-electron chi connectivity index (χ0n) is 19.6. The number of carbonyl (C=O) groups excluding carboxylic acids is 2. The minimum Gasteiger partial charge on any atom is -0.340 e. The van der Waals surface area contributed by atoms with E-state index < -0.39 is 0 Å². The summed E-state index contributed by atoms with van der Waals surface area (Å²) in [6.45, 7) is 9.80. The largest absolute Gasteiger partial charge is 0.340 e. The molecule has 1 aliphatic carbocycles. The molecule has 3 aromatic rings. The van der Waals surface area contributed by atoms with Gasteiger partial charge in [-0.25, -0.2) is 0 Å². The predicted molar refractivity (Wildman–Crippen MR) is 143 cm³/mol. The highest BCUT2D eigenvalue weighted by molar-refractivity contribution is 7.12. The lowest BCUT2D eigenvalue weighted by Crippen LogP contribution is -2.32. The molecule has 2 aromatic carbocycles. The molecule has 0 saturated carbocycles. The Morgan fingerprint density at radius 2 is 1.62 bits per heavy atom. The molecule has 3 nitrogen and oxygen atoms in total. The quantitative estimate of drug-likeness (QED) is 0.261. The summed E-state index contributed by atoms with van der Waals surface area (Å²) in [7, 11) is 0. The molecule has 0 bridgehead atoms. The van der Waals surface area contributed by atoms with E-state index in [9.17, 15) is 9.59 Å². The number of fused-ring (bicyclic) bond motifs is 3. The molecule has 34 heavy (non-hydrogen) atoms. The average molecular weight is 510 g/mol. The molecule has 0 unspecified atom stereocenters. The molecule has 0 saturated heterocycles. The van der Waals surface area contributed by atoms with Gasteiger partial charge in [0.1, 0.15) is 0 Å². The van der Waals surface area contributed by atoms with E-state index in [4.69, 9.17) is 23.2 Å². The summed E-state index contributed by atoms with van der Waals surface area (Å²) in [5.74, 6) is -0.740. The molecule has 1 aromatic heterocycles. The van der Waals surface area contributed by atoms with Crippen molar-refractivity contribution >= 4 is 63.6 Å². The first-order chi connectivity index (χ1) is 16.1. The molecule has 0 radical (unpaired) electrons. The Labute approximate surface area is 214 Å². The van der Waals surface area contributed by atoms with Crippen molar-refractivity contribution in [3.8, 4) is 0 Å². The van der Waals surface area contributed by atoms with Crippen LogP contribution in [-0.2, 0) is 5.41 Å². The second kappa shape index (κ2) is 8.37. The van der Waals surface area contributed by atoms with E-state index in [0.717, 1.165) is 24.9 Å². The molecule has 1 aliphatic heterocycles. The number of Topliss-reactive ketones (excluding diaryl/α,β-unsaturated/α-hetero) is 2. The Balaban J connectivity index is 1.62. The van der Waals surface area contributed by atoms with E-state index in [2.05, 4.69) is 50.8 Å². The first-order valence-corrected chi connectivity index (χ1v) is 13.0. The van der Waals surface area contributed by atoms with E-state index in [1.165, 1.54) is 26.7 Å². The molecule has 2 heterocycles. The fraction of sp³-hybridized carbons (Fsp3) is 0.286. The number of hydrogen-bond donors (Lipinski definition) is 0. The number of anilines is 2. The zero-order chi connectivity index (χ0) is 24.4. The first kappa shape index (κ1) is 23.3. The second-order valence-corrected chi connectivity index (χ2v) is 11.5. The first-order valence-electron chi connectivity index (χ1n) is 11.5. The minimum absolute atomic E-state index is 0.106. The number of rotatable bonds is 4. The van der Waals surface area contributed by atoms with Gasteiger partial charge < -0.3 is 4.90 Å². The smallest absolute Gasteiger partial charge is 0.199 e. The van der Waals surface area contributed by atoms with Gasteiger partial charge >= 0.3 is 0 Å². The monoisotopic (exact) mass is 509 g/mol. The van der Waals surface area contributed by atoms with Crippen LogP contribution in [0.5, 0.6) is 0 Å². The van der Waals surface area contributed by atoms with Crippen LogP contribution in [-0.4, -0.2) is 18.1 Å². The number of hydrogen-bond acceptors (Lipinski definition) is 4. The number of halogens is 2. The van der Waals surface area contributed by atoms with Gasteiger partial charge in [0.15, 0.2) is 11.6 Å². The molecule has 0 spiro atoms. The summed E-state index contributed by atoms with van der Waals surface area (Å²) >= 11 is 14.3. The minimum atomic E-state index is -0.370.